The Balaban J connectivity index is 1.57. The molecule has 2 N–H and O–H groups in total. The third-order valence-electron chi connectivity index (χ3n) is 7.67. The van der Waals surface area contributed by atoms with Gasteiger partial charge in [0.15, 0.2) is 0 Å². The summed E-state index contributed by atoms with van der Waals surface area (Å²) in [7, 11) is 3.47. The van der Waals surface area contributed by atoms with Gasteiger partial charge < -0.3 is 25.0 Å². The highest BCUT2D eigenvalue weighted by Crippen LogP contribution is 2.27. The average molecular weight is 574 g/mol. The zero-order valence-electron chi connectivity index (χ0n) is 25.3. The van der Waals surface area contributed by atoms with Crippen LogP contribution in [0.1, 0.15) is 43.1 Å². The molecular weight excluding hydrogens is 530 g/mol. The predicted molar refractivity (Wildman–Crippen MR) is 166 cm³/mol. The first-order valence-corrected chi connectivity index (χ1v) is 14.6. The van der Waals surface area contributed by atoms with Crippen molar-refractivity contribution >= 4 is 17.6 Å². The molecule has 9 heteroatoms. The number of nitrogens with zero attached hydrogens (tertiary/aromatic N) is 3. The van der Waals surface area contributed by atoms with Gasteiger partial charge in [0.25, 0.3) is 5.91 Å². The lowest BCUT2D eigenvalue weighted by Crippen LogP contribution is -2.46. The summed E-state index contributed by atoms with van der Waals surface area (Å²) in [6, 6.07) is 19.4. The van der Waals surface area contributed by atoms with E-state index in [9.17, 15) is 9.59 Å². The number of carbonyl (C=O) groups is 2. The Morgan fingerprint density at radius 2 is 1.88 bits per heavy atom. The Bertz CT molecular complexity index is 1320. The Morgan fingerprint density at radius 3 is 2.57 bits per heavy atom. The van der Waals surface area contributed by atoms with Crippen LogP contribution >= 0.6 is 0 Å². The molecule has 0 fully saturated rings. The molecule has 0 saturated carbocycles. The number of nitrogens with one attached hydrogen (secondary N) is 2. The number of ether oxygens (including phenoxy) is 2. The molecule has 3 aromatic rings. The normalized spacial score (nSPS) is 20.1. The molecule has 0 saturated heterocycles. The van der Waals surface area contributed by atoms with Crippen molar-refractivity contribution < 1.29 is 19.1 Å². The zero-order valence-corrected chi connectivity index (χ0v) is 25.3. The third-order valence-corrected chi connectivity index (χ3v) is 7.67. The van der Waals surface area contributed by atoms with Crippen molar-refractivity contribution in [1.29, 1.82) is 0 Å². The van der Waals surface area contributed by atoms with Gasteiger partial charge in [-0.15, -0.1) is 0 Å². The maximum atomic E-state index is 13.6. The Kier molecular flexibility index (Phi) is 10.9. The van der Waals surface area contributed by atoms with Crippen LogP contribution in [0.25, 0.3) is 11.3 Å². The second kappa shape index (κ2) is 14.8. The van der Waals surface area contributed by atoms with Crippen LogP contribution in [0.15, 0.2) is 66.9 Å². The molecule has 9 nitrogen and oxygen atoms in total. The van der Waals surface area contributed by atoms with Crippen molar-refractivity contribution in [2.75, 3.05) is 45.7 Å². The van der Waals surface area contributed by atoms with Gasteiger partial charge in [0.2, 0.25) is 0 Å². The van der Waals surface area contributed by atoms with E-state index >= 15 is 0 Å². The van der Waals surface area contributed by atoms with Crippen molar-refractivity contribution in [1.82, 2.24) is 20.1 Å². The van der Waals surface area contributed by atoms with Crippen molar-refractivity contribution in [3.63, 3.8) is 0 Å². The summed E-state index contributed by atoms with van der Waals surface area (Å²) in [5, 5.41) is 5.61. The molecule has 0 spiro atoms. The number of aromatic nitrogens is 1. The number of benzene rings is 2. The molecule has 2 aromatic carbocycles. The number of amides is 3. The fourth-order valence-electron chi connectivity index (χ4n) is 5.11. The van der Waals surface area contributed by atoms with Gasteiger partial charge in [-0.05, 0) is 55.2 Å². The molecule has 3 atom stereocenters. The molecule has 2 heterocycles. The summed E-state index contributed by atoms with van der Waals surface area (Å²) in [6.45, 7) is 9.19. The quantitative estimate of drug-likeness (QED) is 0.399. The van der Waals surface area contributed by atoms with E-state index in [1.54, 1.807) is 43.5 Å². The maximum absolute atomic E-state index is 13.6. The summed E-state index contributed by atoms with van der Waals surface area (Å²) in [4.78, 5) is 34.4. The number of likely N-dealkylation sites (N-methyl/N-ethyl adjacent to an activating group) is 1. The summed E-state index contributed by atoms with van der Waals surface area (Å²) in [5.41, 5.74) is 4.15. The standard InChI is InChI=1S/C33H43N5O4/c1-6-16-35-33(40)36-27-14-15-30-28(18-27)32(39)37(4)21-31(41-5)23(2)19-38(24(3)22-42-30)20-25-10-12-26(13-11-25)29-9-7-8-17-34-29/h7-15,17-18,23-24,31H,6,16,19-22H2,1-5H3,(H2,35,36,40)/t23-,24-,31+/m1/s1. The average Bonchev–Trinajstić information content (AvgIpc) is 3.01. The minimum Gasteiger partial charge on any atom is -0.491 e. The van der Waals surface area contributed by atoms with E-state index in [2.05, 4.69) is 58.6 Å². The smallest absolute Gasteiger partial charge is 0.319 e. The van der Waals surface area contributed by atoms with Crippen LogP contribution in [0.5, 0.6) is 5.75 Å². The van der Waals surface area contributed by atoms with Crippen molar-refractivity contribution in [2.45, 2.75) is 45.9 Å². The minimum atomic E-state index is -0.308. The number of hydrogen-bond donors (Lipinski definition) is 2. The van der Waals surface area contributed by atoms with E-state index in [1.165, 1.54) is 5.56 Å². The van der Waals surface area contributed by atoms with Gasteiger partial charge in [-0.3, -0.25) is 14.7 Å². The van der Waals surface area contributed by atoms with E-state index in [4.69, 9.17) is 9.47 Å². The van der Waals surface area contributed by atoms with E-state index in [1.807, 2.05) is 25.1 Å². The van der Waals surface area contributed by atoms with Gasteiger partial charge >= 0.3 is 6.03 Å². The molecule has 0 radical (unpaired) electrons. The van der Waals surface area contributed by atoms with Crippen LogP contribution < -0.4 is 15.4 Å². The Labute approximate surface area is 249 Å². The van der Waals surface area contributed by atoms with Crippen LogP contribution in [-0.4, -0.2) is 79.3 Å². The second-order valence-electron chi connectivity index (χ2n) is 11.0. The van der Waals surface area contributed by atoms with Gasteiger partial charge in [-0.2, -0.15) is 0 Å². The van der Waals surface area contributed by atoms with Crippen molar-refractivity contribution in [3.8, 4) is 17.0 Å². The maximum Gasteiger partial charge on any atom is 0.319 e. The Hall–Kier alpha value is -3.95. The zero-order chi connectivity index (χ0) is 30.1. The van der Waals surface area contributed by atoms with E-state index in [0.717, 1.165) is 30.8 Å². The number of urea groups is 1. The van der Waals surface area contributed by atoms with Gasteiger partial charge in [0.05, 0.1) is 17.4 Å². The summed E-state index contributed by atoms with van der Waals surface area (Å²) >= 11 is 0. The molecule has 224 valence electrons. The first-order chi connectivity index (χ1) is 20.3. The second-order valence-corrected chi connectivity index (χ2v) is 11.0. The molecule has 1 aliphatic heterocycles. The molecule has 42 heavy (non-hydrogen) atoms. The molecule has 1 aliphatic rings. The van der Waals surface area contributed by atoms with Crippen LogP contribution in [-0.2, 0) is 11.3 Å². The van der Waals surface area contributed by atoms with Gasteiger partial charge in [0.1, 0.15) is 12.4 Å². The molecular formula is C33H43N5O4. The fourth-order valence-corrected chi connectivity index (χ4v) is 5.11. The third kappa shape index (κ3) is 8.08. The monoisotopic (exact) mass is 573 g/mol. The highest BCUT2D eigenvalue weighted by Gasteiger charge is 2.28. The van der Waals surface area contributed by atoms with Gasteiger partial charge in [-0.1, -0.05) is 44.2 Å². The molecule has 0 unspecified atom stereocenters. The van der Waals surface area contributed by atoms with E-state index in [0.29, 0.717) is 36.7 Å². The molecule has 0 bridgehead atoms. The molecule has 1 aromatic heterocycles. The number of fused-ring (bicyclic) bond motifs is 1. The largest absolute Gasteiger partial charge is 0.491 e. The topological polar surface area (TPSA) is 96.0 Å². The first-order valence-electron chi connectivity index (χ1n) is 14.6. The van der Waals surface area contributed by atoms with Crippen LogP contribution in [0.2, 0.25) is 0 Å². The highest BCUT2D eigenvalue weighted by molar-refractivity contribution is 5.99. The predicted octanol–water partition coefficient (Wildman–Crippen LogP) is 5.29. The van der Waals surface area contributed by atoms with Crippen LogP contribution in [0.4, 0.5) is 10.5 Å². The summed E-state index contributed by atoms with van der Waals surface area (Å²) in [5.74, 6) is 0.449. The minimum absolute atomic E-state index is 0.0538. The van der Waals surface area contributed by atoms with Gasteiger partial charge in [0, 0.05) is 63.8 Å². The van der Waals surface area contributed by atoms with Gasteiger partial charge in [-0.25, -0.2) is 4.79 Å². The van der Waals surface area contributed by atoms with Crippen molar-refractivity contribution in [3.05, 3.63) is 78.0 Å². The molecule has 3 amide bonds. The molecule has 4 rings (SSSR count). The Morgan fingerprint density at radius 1 is 1.10 bits per heavy atom. The summed E-state index contributed by atoms with van der Waals surface area (Å²) in [6.07, 6.45) is 2.48. The van der Waals surface area contributed by atoms with Crippen LogP contribution in [0.3, 0.4) is 0 Å². The molecule has 0 aliphatic carbocycles. The van der Waals surface area contributed by atoms with E-state index < -0.39 is 0 Å². The summed E-state index contributed by atoms with van der Waals surface area (Å²) < 4.78 is 12.2. The lowest BCUT2D eigenvalue weighted by atomic mass is 10.0. The van der Waals surface area contributed by atoms with Crippen molar-refractivity contribution in [2.24, 2.45) is 5.92 Å². The number of rotatable bonds is 7. The number of methoxy groups -OCH3 is 1. The fraction of sp³-hybridized carbons (Fsp3) is 0.424. The van der Waals surface area contributed by atoms with E-state index in [-0.39, 0.29) is 30.0 Å². The highest BCUT2D eigenvalue weighted by atomic mass is 16.5. The number of carbonyl (C=O) groups excluding carboxylic acids is 2. The number of anilines is 1. The number of hydrogen-bond acceptors (Lipinski definition) is 6. The SMILES string of the molecule is CCCNC(=O)Nc1ccc2c(c1)C(=O)N(C)C[C@H](OC)[C@H](C)CN(Cc1ccc(-c3ccccn3)cc1)[C@H](C)CO2. The lowest BCUT2D eigenvalue weighted by Gasteiger charge is -2.36. The van der Waals surface area contributed by atoms with Crippen LogP contribution in [0, 0.1) is 5.92 Å². The number of pyridine rings is 1. The first kappa shape index (κ1) is 31.0. The lowest BCUT2D eigenvalue weighted by molar-refractivity contribution is 0.00922.